The normalized spacial score (nSPS) is 10.4. The van der Waals surface area contributed by atoms with Crippen LogP contribution < -0.4 is 5.32 Å². The number of hydrogen-bond acceptors (Lipinski definition) is 3. The first-order chi connectivity index (χ1) is 6.86. The molecule has 0 fully saturated rings. The van der Waals surface area contributed by atoms with E-state index in [1.807, 2.05) is 28.6 Å². The first-order valence-corrected chi connectivity index (χ1v) is 4.53. The van der Waals surface area contributed by atoms with E-state index in [-0.39, 0.29) is 0 Å². The number of nitrogens with one attached hydrogen (secondary N) is 1. The van der Waals surface area contributed by atoms with Crippen LogP contribution in [0.4, 0.5) is 5.95 Å². The van der Waals surface area contributed by atoms with Crippen molar-refractivity contribution in [2.24, 2.45) is 7.05 Å². The maximum atomic E-state index is 4.16. The van der Waals surface area contributed by atoms with E-state index >= 15 is 0 Å². The molecule has 0 bridgehead atoms. The molecule has 0 spiro atoms. The minimum absolute atomic E-state index is 0.848. The van der Waals surface area contributed by atoms with Crippen molar-refractivity contribution < 1.29 is 0 Å². The first-order valence-electron chi connectivity index (χ1n) is 4.53. The van der Waals surface area contributed by atoms with Gasteiger partial charge in [0.2, 0.25) is 5.95 Å². The Bertz CT molecular complexity index is 376. The van der Waals surface area contributed by atoms with Crippen LogP contribution in [0.1, 0.15) is 0 Å². The predicted molar refractivity (Wildman–Crippen MR) is 53.9 cm³/mol. The van der Waals surface area contributed by atoms with Crippen molar-refractivity contribution in [3.8, 4) is 0 Å². The third kappa shape index (κ3) is 1.93. The summed E-state index contributed by atoms with van der Waals surface area (Å²) in [5, 5.41) is 3.23. The molecule has 14 heavy (non-hydrogen) atoms. The van der Waals surface area contributed by atoms with Crippen molar-refractivity contribution in [1.29, 1.82) is 0 Å². The van der Waals surface area contributed by atoms with Crippen LogP contribution in [0.25, 0.3) is 0 Å². The third-order valence-corrected chi connectivity index (χ3v) is 2.03. The lowest BCUT2D eigenvalue weighted by atomic mass is 10.6. The molecule has 0 aliphatic heterocycles. The van der Waals surface area contributed by atoms with Gasteiger partial charge < -0.3 is 14.5 Å². The Morgan fingerprint density at radius 1 is 1.36 bits per heavy atom. The highest BCUT2D eigenvalue weighted by atomic mass is 15.2. The molecule has 2 heterocycles. The van der Waals surface area contributed by atoms with Crippen LogP contribution in [0.15, 0.2) is 31.1 Å². The summed E-state index contributed by atoms with van der Waals surface area (Å²) in [7, 11) is 1.96. The van der Waals surface area contributed by atoms with Crippen molar-refractivity contribution in [2.45, 2.75) is 6.54 Å². The first kappa shape index (κ1) is 8.80. The molecule has 0 aromatic carbocycles. The monoisotopic (exact) mass is 191 g/mol. The van der Waals surface area contributed by atoms with Gasteiger partial charge in [-0.1, -0.05) is 0 Å². The maximum Gasteiger partial charge on any atom is 0.202 e. The minimum Gasteiger partial charge on any atom is -0.354 e. The molecule has 0 amide bonds. The van der Waals surface area contributed by atoms with Gasteiger partial charge in [0.05, 0.1) is 6.33 Å². The van der Waals surface area contributed by atoms with Crippen molar-refractivity contribution in [1.82, 2.24) is 19.1 Å². The lowest BCUT2D eigenvalue weighted by Crippen LogP contribution is -2.11. The van der Waals surface area contributed by atoms with Gasteiger partial charge in [0.25, 0.3) is 0 Å². The number of rotatable bonds is 4. The quantitative estimate of drug-likeness (QED) is 0.775. The standard InChI is InChI=1S/C9H13N5/c1-13-5-3-11-9(13)12-4-7-14-6-2-10-8-14/h2-3,5-6,8H,4,7H2,1H3,(H,11,12). The van der Waals surface area contributed by atoms with Crippen molar-refractivity contribution in [3.63, 3.8) is 0 Å². The molecule has 0 unspecified atom stereocenters. The summed E-state index contributed by atoms with van der Waals surface area (Å²) in [6, 6.07) is 0. The SMILES string of the molecule is Cn1ccnc1NCCn1ccnc1. The van der Waals surface area contributed by atoms with Crippen LogP contribution >= 0.6 is 0 Å². The van der Waals surface area contributed by atoms with E-state index in [2.05, 4.69) is 15.3 Å². The molecule has 2 rings (SSSR count). The summed E-state index contributed by atoms with van der Waals surface area (Å²) >= 11 is 0. The van der Waals surface area contributed by atoms with Gasteiger partial charge in [-0.25, -0.2) is 9.97 Å². The Morgan fingerprint density at radius 2 is 2.29 bits per heavy atom. The zero-order valence-corrected chi connectivity index (χ0v) is 8.09. The largest absolute Gasteiger partial charge is 0.354 e. The summed E-state index contributed by atoms with van der Waals surface area (Å²) in [6.45, 7) is 1.74. The van der Waals surface area contributed by atoms with E-state index in [9.17, 15) is 0 Å². The smallest absolute Gasteiger partial charge is 0.202 e. The molecule has 74 valence electrons. The van der Waals surface area contributed by atoms with Gasteiger partial charge in [-0.15, -0.1) is 0 Å². The third-order valence-electron chi connectivity index (χ3n) is 2.03. The van der Waals surface area contributed by atoms with E-state index < -0.39 is 0 Å². The zero-order chi connectivity index (χ0) is 9.80. The Balaban J connectivity index is 1.81. The summed E-state index contributed by atoms with van der Waals surface area (Å²) in [6.07, 6.45) is 9.22. The van der Waals surface area contributed by atoms with Crippen molar-refractivity contribution >= 4 is 5.95 Å². The number of imidazole rings is 2. The highest BCUT2D eigenvalue weighted by molar-refractivity contribution is 5.24. The second kappa shape index (κ2) is 3.95. The fourth-order valence-electron chi connectivity index (χ4n) is 1.25. The number of hydrogen-bond donors (Lipinski definition) is 1. The number of nitrogens with zero attached hydrogens (tertiary/aromatic N) is 4. The lowest BCUT2D eigenvalue weighted by Gasteiger charge is -2.05. The maximum absolute atomic E-state index is 4.16. The fourth-order valence-corrected chi connectivity index (χ4v) is 1.25. The van der Waals surface area contributed by atoms with Crippen LogP contribution in [0.3, 0.4) is 0 Å². The van der Waals surface area contributed by atoms with E-state index in [1.54, 1.807) is 18.7 Å². The molecule has 0 saturated carbocycles. The second-order valence-electron chi connectivity index (χ2n) is 3.09. The van der Waals surface area contributed by atoms with E-state index in [4.69, 9.17) is 0 Å². The molecule has 0 atom stereocenters. The van der Waals surface area contributed by atoms with Crippen LogP contribution in [0, 0.1) is 0 Å². The molecule has 0 saturated heterocycles. The molecular weight excluding hydrogens is 178 g/mol. The molecule has 0 aliphatic rings. The number of aromatic nitrogens is 4. The highest BCUT2D eigenvalue weighted by Gasteiger charge is 1.96. The Hall–Kier alpha value is -1.78. The molecule has 1 N–H and O–H groups in total. The summed E-state index contributed by atoms with van der Waals surface area (Å²) < 4.78 is 3.98. The molecule has 0 aliphatic carbocycles. The van der Waals surface area contributed by atoms with Gasteiger partial charge in [0.15, 0.2) is 0 Å². The van der Waals surface area contributed by atoms with Gasteiger partial charge in [-0.05, 0) is 0 Å². The number of anilines is 1. The van der Waals surface area contributed by atoms with Crippen molar-refractivity contribution in [2.75, 3.05) is 11.9 Å². The van der Waals surface area contributed by atoms with Gasteiger partial charge in [0.1, 0.15) is 0 Å². The lowest BCUT2D eigenvalue weighted by molar-refractivity contribution is 0.719. The second-order valence-corrected chi connectivity index (χ2v) is 3.09. The van der Waals surface area contributed by atoms with E-state index in [0.717, 1.165) is 19.0 Å². The summed E-state index contributed by atoms with van der Waals surface area (Å²) in [5.74, 6) is 0.894. The van der Waals surface area contributed by atoms with Gasteiger partial charge >= 0.3 is 0 Å². The summed E-state index contributed by atoms with van der Waals surface area (Å²) in [5.41, 5.74) is 0. The topological polar surface area (TPSA) is 47.7 Å². The average molecular weight is 191 g/mol. The molecular formula is C9H13N5. The van der Waals surface area contributed by atoms with E-state index in [0.29, 0.717) is 0 Å². The van der Waals surface area contributed by atoms with Crippen LogP contribution in [0.5, 0.6) is 0 Å². The average Bonchev–Trinajstić information content (AvgIpc) is 2.78. The minimum atomic E-state index is 0.848. The van der Waals surface area contributed by atoms with Gasteiger partial charge in [0, 0.05) is 44.9 Å². The zero-order valence-electron chi connectivity index (χ0n) is 8.09. The number of aryl methyl sites for hydroxylation is 1. The molecule has 2 aromatic heterocycles. The molecule has 2 aromatic rings. The Kier molecular flexibility index (Phi) is 2.48. The molecule has 5 nitrogen and oxygen atoms in total. The van der Waals surface area contributed by atoms with Crippen LogP contribution in [-0.4, -0.2) is 25.6 Å². The van der Waals surface area contributed by atoms with Crippen LogP contribution in [0.2, 0.25) is 0 Å². The van der Waals surface area contributed by atoms with Gasteiger partial charge in [-0.2, -0.15) is 0 Å². The Labute approximate surface area is 82.4 Å². The summed E-state index contributed by atoms with van der Waals surface area (Å²) in [4.78, 5) is 8.13. The van der Waals surface area contributed by atoms with Crippen LogP contribution in [-0.2, 0) is 13.6 Å². The molecule has 5 heteroatoms. The van der Waals surface area contributed by atoms with E-state index in [1.165, 1.54) is 0 Å². The fraction of sp³-hybridized carbons (Fsp3) is 0.333. The van der Waals surface area contributed by atoms with Gasteiger partial charge in [-0.3, -0.25) is 0 Å². The predicted octanol–water partition coefficient (Wildman–Crippen LogP) is 0.729. The highest BCUT2D eigenvalue weighted by Crippen LogP contribution is 1.99. The molecule has 0 radical (unpaired) electrons. The van der Waals surface area contributed by atoms with Crippen molar-refractivity contribution in [3.05, 3.63) is 31.1 Å². The Morgan fingerprint density at radius 3 is 2.93 bits per heavy atom.